The summed E-state index contributed by atoms with van der Waals surface area (Å²) >= 11 is 1.80. The molecule has 0 aliphatic carbocycles. The van der Waals surface area contributed by atoms with E-state index in [1.807, 2.05) is 68.7 Å². The van der Waals surface area contributed by atoms with Gasteiger partial charge in [-0.25, -0.2) is 0 Å². The van der Waals surface area contributed by atoms with E-state index in [1.165, 1.54) is 52.5 Å². The minimum absolute atomic E-state index is 0. The Morgan fingerprint density at radius 3 is 2.25 bits per heavy atom. The fourth-order valence-corrected chi connectivity index (χ4v) is 8.25. The van der Waals surface area contributed by atoms with Crippen molar-refractivity contribution in [2.24, 2.45) is 0 Å². The fourth-order valence-electron chi connectivity index (χ4n) is 5.97. The molecule has 3 aromatic heterocycles. The summed E-state index contributed by atoms with van der Waals surface area (Å²) in [6, 6.07) is 42.9. The molecule has 2 nitrogen and oxygen atoms in total. The van der Waals surface area contributed by atoms with Gasteiger partial charge in [-0.05, 0) is 91.4 Å². The zero-order valence-corrected chi connectivity index (χ0v) is 32.3. The molecule has 0 unspecified atom stereocenters. The number of rotatable bonds is 4. The Kier molecular flexibility index (Phi) is 9.40. The average molecular weight is 836 g/mol. The molecular formula is C43H38IrN2SSi-2. The summed E-state index contributed by atoms with van der Waals surface area (Å²) in [4.78, 5) is 9.15. The molecule has 5 aromatic carbocycles. The standard InChI is InChI=1S/C29H22NS.C14H16NSi.Ir/c1-17(2)19-9-10-30-27(15-19)25-6-4-5-24-26-14-22-12-20-8-7-18(3)11-21(20)13-23(22)16-28(26)31-29(24)25;1-16(2,3)13-9-10-14(15-11-13)12-7-5-4-6-8-12;/h4-5,7-17H,1-3H3;4-7,9-11H,1-3H3;/q2*-1;/i17D;;. The van der Waals surface area contributed by atoms with Crippen molar-refractivity contribution >= 4 is 66.3 Å². The second kappa shape index (κ2) is 13.9. The molecule has 3 heterocycles. The molecule has 0 saturated carbocycles. The average Bonchev–Trinajstić information content (AvgIpc) is 3.44. The van der Waals surface area contributed by atoms with E-state index in [9.17, 15) is 0 Å². The van der Waals surface area contributed by atoms with Crippen LogP contribution in [0.25, 0.3) is 64.2 Å². The maximum Gasteiger partial charge on any atom is 0.0795 e. The van der Waals surface area contributed by atoms with Gasteiger partial charge in [0, 0.05) is 38.6 Å². The van der Waals surface area contributed by atoms with Gasteiger partial charge in [0.05, 0.1) is 8.07 Å². The molecule has 0 atom stereocenters. The Bertz CT molecular complexity index is 2430. The van der Waals surface area contributed by atoms with Gasteiger partial charge in [0.25, 0.3) is 0 Å². The van der Waals surface area contributed by atoms with Gasteiger partial charge in [0.1, 0.15) is 0 Å². The van der Waals surface area contributed by atoms with Crippen LogP contribution < -0.4 is 5.19 Å². The first kappa shape index (κ1) is 32.5. The van der Waals surface area contributed by atoms with Crippen molar-refractivity contribution in [1.29, 1.82) is 0 Å². The monoisotopic (exact) mass is 836 g/mol. The molecule has 0 aliphatic rings. The number of thiophene rings is 1. The van der Waals surface area contributed by atoms with E-state index < -0.39 is 14.0 Å². The molecule has 8 aromatic rings. The summed E-state index contributed by atoms with van der Waals surface area (Å²) in [5, 5.41) is 8.99. The van der Waals surface area contributed by atoms with Gasteiger partial charge in [0.2, 0.25) is 0 Å². The van der Waals surface area contributed by atoms with Crippen LogP contribution in [0.15, 0.2) is 116 Å². The molecule has 0 saturated heterocycles. The minimum atomic E-state index is -1.23. The molecule has 0 fully saturated rings. The van der Waals surface area contributed by atoms with E-state index in [0.29, 0.717) is 0 Å². The van der Waals surface area contributed by atoms with Crippen molar-refractivity contribution in [3.8, 4) is 22.5 Å². The Balaban J connectivity index is 0.000000208. The fraction of sp³-hybridized carbons (Fsp3) is 0.163. The van der Waals surface area contributed by atoms with Crippen LogP contribution in [0.2, 0.25) is 19.6 Å². The zero-order chi connectivity index (χ0) is 33.6. The first-order valence-electron chi connectivity index (χ1n) is 16.6. The number of aryl methyl sites for hydroxylation is 1. The zero-order valence-electron chi connectivity index (χ0n) is 29.1. The maximum absolute atomic E-state index is 8.40. The number of pyridine rings is 2. The summed E-state index contributed by atoms with van der Waals surface area (Å²) in [5.74, 6) is -0.663. The predicted octanol–water partition coefficient (Wildman–Crippen LogP) is 11.7. The van der Waals surface area contributed by atoms with Gasteiger partial charge in [0.15, 0.2) is 0 Å². The second-order valence-corrected chi connectivity index (χ2v) is 19.6. The molecule has 5 heteroatoms. The van der Waals surface area contributed by atoms with E-state index in [-0.39, 0.29) is 20.1 Å². The SMILES string of the molecule is C[Si](C)(C)c1ccc(-c2[c-]cccc2)nc1.[2H]C(C)(C)c1ccnc(-c2[c-]ccc3c2sc2cc4cc5cc(C)ccc5cc4cc23)c1.[Ir]. The van der Waals surface area contributed by atoms with Gasteiger partial charge in [-0.3, -0.25) is 0 Å². The van der Waals surface area contributed by atoms with Crippen LogP contribution in [0.5, 0.6) is 0 Å². The Morgan fingerprint density at radius 2 is 1.52 bits per heavy atom. The van der Waals surface area contributed by atoms with Crippen molar-refractivity contribution in [1.82, 2.24) is 9.97 Å². The normalized spacial score (nSPS) is 12.1. The molecule has 0 N–H and O–H groups in total. The molecule has 1 radical (unpaired) electrons. The van der Waals surface area contributed by atoms with Crippen molar-refractivity contribution in [2.45, 2.75) is 46.3 Å². The summed E-state index contributed by atoms with van der Waals surface area (Å²) < 4.78 is 10.9. The predicted molar refractivity (Wildman–Crippen MR) is 207 cm³/mol. The van der Waals surface area contributed by atoms with Crippen LogP contribution in [-0.4, -0.2) is 18.0 Å². The van der Waals surface area contributed by atoms with E-state index in [2.05, 4.69) is 109 Å². The summed E-state index contributed by atoms with van der Waals surface area (Å²) in [6.45, 7) is 13.0. The first-order valence-corrected chi connectivity index (χ1v) is 20.4. The van der Waals surface area contributed by atoms with Crippen molar-refractivity contribution in [3.63, 3.8) is 0 Å². The van der Waals surface area contributed by atoms with Crippen molar-refractivity contribution < 1.29 is 21.5 Å². The largest absolute Gasteiger partial charge is 0.305 e. The van der Waals surface area contributed by atoms with Gasteiger partial charge in [-0.1, -0.05) is 86.4 Å². The van der Waals surface area contributed by atoms with Gasteiger partial charge >= 0.3 is 0 Å². The third-order valence-electron chi connectivity index (χ3n) is 8.71. The minimum Gasteiger partial charge on any atom is -0.305 e. The van der Waals surface area contributed by atoms with E-state index in [1.54, 1.807) is 11.3 Å². The molecule has 0 bridgehead atoms. The molecule has 0 aliphatic heterocycles. The van der Waals surface area contributed by atoms with Gasteiger partial charge in [-0.15, -0.1) is 59.7 Å². The van der Waals surface area contributed by atoms with Crippen molar-refractivity contribution in [2.75, 3.05) is 0 Å². The summed E-state index contributed by atoms with van der Waals surface area (Å²) in [5.41, 5.74) is 6.20. The van der Waals surface area contributed by atoms with E-state index in [4.69, 9.17) is 1.37 Å². The Labute approximate surface area is 303 Å². The molecule has 48 heavy (non-hydrogen) atoms. The van der Waals surface area contributed by atoms with Crippen LogP contribution in [0, 0.1) is 19.1 Å². The van der Waals surface area contributed by atoms with Crippen LogP contribution in [0.4, 0.5) is 0 Å². The number of hydrogen-bond donors (Lipinski definition) is 0. The Hall–Kier alpha value is -3.99. The topological polar surface area (TPSA) is 25.8 Å². The molecule has 0 spiro atoms. The number of nitrogens with zero attached hydrogens (tertiary/aromatic N) is 2. The van der Waals surface area contributed by atoms with E-state index >= 15 is 0 Å². The second-order valence-electron chi connectivity index (χ2n) is 13.5. The smallest absolute Gasteiger partial charge is 0.0795 e. The molecule has 8 rings (SSSR count). The van der Waals surface area contributed by atoms with Crippen LogP contribution in [-0.2, 0) is 20.1 Å². The molecule has 0 amide bonds. The van der Waals surface area contributed by atoms with Crippen LogP contribution in [0.1, 0.15) is 32.2 Å². The number of fused-ring (bicyclic) bond motifs is 5. The van der Waals surface area contributed by atoms with Crippen molar-refractivity contribution in [3.05, 3.63) is 139 Å². The maximum atomic E-state index is 8.40. The van der Waals surface area contributed by atoms with Crippen LogP contribution in [0.3, 0.4) is 0 Å². The molecular weight excluding hydrogens is 797 g/mol. The number of aromatic nitrogens is 2. The Morgan fingerprint density at radius 1 is 0.729 bits per heavy atom. The van der Waals surface area contributed by atoms with Crippen LogP contribution >= 0.6 is 11.3 Å². The molecule has 241 valence electrons. The van der Waals surface area contributed by atoms with E-state index in [0.717, 1.165) is 28.1 Å². The van der Waals surface area contributed by atoms with Gasteiger partial charge in [-0.2, -0.15) is 11.3 Å². The number of benzene rings is 5. The number of hydrogen-bond acceptors (Lipinski definition) is 3. The summed E-state index contributed by atoms with van der Waals surface area (Å²) in [6.07, 6.45) is 3.82. The third kappa shape index (κ3) is 6.92. The van der Waals surface area contributed by atoms with Gasteiger partial charge < -0.3 is 9.97 Å². The summed E-state index contributed by atoms with van der Waals surface area (Å²) in [7, 11) is -1.23. The first-order chi connectivity index (χ1) is 22.9. The quantitative estimate of drug-likeness (QED) is 0.100. The third-order valence-corrected chi connectivity index (χ3v) is 11.9.